The Labute approximate surface area is 166 Å². The summed E-state index contributed by atoms with van der Waals surface area (Å²) in [5.41, 5.74) is 6.18. The lowest BCUT2D eigenvalue weighted by Crippen LogP contribution is -2.02. The third kappa shape index (κ3) is 2.96. The number of thioether (sulfide) groups is 1. The van der Waals surface area contributed by atoms with Gasteiger partial charge in [0.1, 0.15) is 5.58 Å². The molecule has 0 fully saturated rings. The summed E-state index contributed by atoms with van der Waals surface area (Å²) in [5.74, 6) is 0.668. The highest BCUT2D eigenvalue weighted by Crippen LogP contribution is 2.32. The summed E-state index contributed by atoms with van der Waals surface area (Å²) < 4.78 is 7.66. The zero-order valence-electron chi connectivity index (χ0n) is 15.5. The number of para-hydroxylation sites is 2. The van der Waals surface area contributed by atoms with Crippen LogP contribution in [-0.4, -0.2) is 9.55 Å². The van der Waals surface area contributed by atoms with Gasteiger partial charge in [0, 0.05) is 23.8 Å². The highest BCUT2D eigenvalue weighted by Gasteiger charge is 2.16. The summed E-state index contributed by atoms with van der Waals surface area (Å²) in [6.07, 6.45) is 5.23. The van der Waals surface area contributed by atoms with Gasteiger partial charge < -0.3 is 8.98 Å². The first-order chi connectivity index (χ1) is 13.7. The van der Waals surface area contributed by atoms with E-state index in [4.69, 9.17) is 9.40 Å². The van der Waals surface area contributed by atoms with E-state index in [0.29, 0.717) is 17.9 Å². The molecule has 0 N–H and O–H groups in total. The molecule has 0 aliphatic heterocycles. The lowest BCUT2D eigenvalue weighted by molar-refractivity contribution is 0.559. The normalized spacial score (nSPS) is 13.3. The molecule has 140 valence electrons. The van der Waals surface area contributed by atoms with Crippen LogP contribution in [0, 0.1) is 0 Å². The Bertz CT molecular complexity index is 1270. The molecule has 4 nitrogen and oxygen atoms in total. The SMILES string of the molecule is C=CCn1c(SCc2cc(=O)oc3cc4c(cc23)CCC4)nc2ccccc21. The van der Waals surface area contributed by atoms with Gasteiger partial charge in [-0.05, 0) is 60.2 Å². The molecule has 0 unspecified atom stereocenters. The van der Waals surface area contributed by atoms with Crippen molar-refractivity contribution in [3.05, 3.63) is 82.2 Å². The van der Waals surface area contributed by atoms with Crippen LogP contribution in [0.2, 0.25) is 0 Å². The summed E-state index contributed by atoms with van der Waals surface area (Å²) in [7, 11) is 0. The molecule has 0 spiro atoms. The lowest BCUT2D eigenvalue weighted by Gasteiger charge is -2.09. The quantitative estimate of drug-likeness (QED) is 0.271. The average molecular weight is 388 g/mol. The number of hydrogen-bond acceptors (Lipinski definition) is 4. The Kier molecular flexibility index (Phi) is 4.32. The summed E-state index contributed by atoms with van der Waals surface area (Å²) in [5, 5.41) is 1.97. The maximum Gasteiger partial charge on any atom is 0.336 e. The van der Waals surface area contributed by atoms with Crippen molar-refractivity contribution >= 4 is 33.8 Å². The fourth-order valence-electron chi connectivity index (χ4n) is 4.03. The third-order valence-corrected chi connectivity index (χ3v) is 6.36. The molecule has 4 aromatic rings. The van der Waals surface area contributed by atoms with Crippen molar-refractivity contribution in [1.29, 1.82) is 0 Å². The number of aryl methyl sites for hydroxylation is 2. The first-order valence-electron chi connectivity index (χ1n) is 9.50. The van der Waals surface area contributed by atoms with Gasteiger partial charge in [-0.15, -0.1) is 6.58 Å². The number of fused-ring (bicyclic) bond motifs is 3. The standard InChI is InChI=1S/C23H20N2O2S/c1-2-10-25-20-9-4-3-8-19(20)24-23(25)28-14-17-13-22(26)27-21-12-16-7-5-6-15(16)11-18(17)21/h2-4,8-9,11-13H,1,5-7,10,14H2. The van der Waals surface area contributed by atoms with Crippen LogP contribution < -0.4 is 5.63 Å². The monoisotopic (exact) mass is 388 g/mol. The second-order valence-corrected chi connectivity index (χ2v) is 8.07. The summed E-state index contributed by atoms with van der Waals surface area (Å²) in [6, 6.07) is 14.0. The molecule has 2 aromatic heterocycles. The molecule has 0 radical (unpaired) electrons. The molecule has 2 aromatic carbocycles. The Hall–Kier alpha value is -2.79. The number of rotatable bonds is 5. The number of allylic oxidation sites excluding steroid dienone is 1. The van der Waals surface area contributed by atoms with Crippen LogP contribution in [0.25, 0.3) is 22.0 Å². The van der Waals surface area contributed by atoms with Crippen LogP contribution in [0.3, 0.4) is 0 Å². The molecule has 0 amide bonds. The molecule has 5 heteroatoms. The van der Waals surface area contributed by atoms with Crippen LogP contribution in [-0.2, 0) is 25.1 Å². The van der Waals surface area contributed by atoms with Gasteiger partial charge >= 0.3 is 5.63 Å². The molecule has 1 aliphatic carbocycles. The number of aromatic nitrogens is 2. The van der Waals surface area contributed by atoms with Crippen molar-refractivity contribution in [2.75, 3.05) is 0 Å². The first-order valence-corrected chi connectivity index (χ1v) is 10.5. The van der Waals surface area contributed by atoms with Gasteiger partial charge in [-0.2, -0.15) is 0 Å². The van der Waals surface area contributed by atoms with E-state index in [2.05, 4.69) is 29.3 Å². The zero-order valence-corrected chi connectivity index (χ0v) is 16.3. The number of hydrogen-bond donors (Lipinski definition) is 0. The van der Waals surface area contributed by atoms with Crippen LogP contribution in [0.1, 0.15) is 23.1 Å². The minimum atomic E-state index is -0.291. The van der Waals surface area contributed by atoms with Crippen LogP contribution >= 0.6 is 11.8 Å². The summed E-state index contributed by atoms with van der Waals surface area (Å²) >= 11 is 1.65. The smallest absolute Gasteiger partial charge is 0.336 e. The largest absolute Gasteiger partial charge is 0.423 e. The number of benzene rings is 2. The molecule has 28 heavy (non-hydrogen) atoms. The molecule has 0 saturated carbocycles. The van der Waals surface area contributed by atoms with E-state index in [1.165, 1.54) is 17.5 Å². The maximum absolute atomic E-state index is 12.1. The van der Waals surface area contributed by atoms with Crippen molar-refractivity contribution < 1.29 is 4.42 Å². The predicted octanol–water partition coefficient (Wildman–Crippen LogP) is 5.11. The Morgan fingerprint density at radius 1 is 1.18 bits per heavy atom. The molecule has 0 saturated heterocycles. The second kappa shape index (κ2) is 6.99. The predicted molar refractivity (Wildman–Crippen MR) is 114 cm³/mol. The van der Waals surface area contributed by atoms with Gasteiger partial charge in [0.15, 0.2) is 5.16 Å². The average Bonchev–Trinajstić information content (AvgIpc) is 3.29. The van der Waals surface area contributed by atoms with Crippen molar-refractivity contribution in [2.45, 2.75) is 36.7 Å². The van der Waals surface area contributed by atoms with Gasteiger partial charge in [0.2, 0.25) is 0 Å². The molecule has 2 heterocycles. The highest BCUT2D eigenvalue weighted by molar-refractivity contribution is 7.98. The van der Waals surface area contributed by atoms with Crippen LogP contribution in [0.15, 0.2) is 69.5 Å². The van der Waals surface area contributed by atoms with Crippen molar-refractivity contribution in [3.8, 4) is 0 Å². The van der Waals surface area contributed by atoms with Crippen LogP contribution in [0.4, 0.5) is 0 Å². The minimum absolute atomic E-state index is 0.291. The molecule has 0 atom stereocenters. The molecule has 5 rings (SSSR count). The molecule has 0 bridgehead atoms. The van der Waals surface area contributed by atoms with Crippen molar-refractivity contribution in [2.24, 2.45) is 0 Å². The van der Waals surface area contributed by atoms with Crippen LogP contribution in [0.5, 0.6) is 0 Å². The summed E-state index contributed by atoms with van der Waals surface area (Å²) in [6.45, 7) is 4.58. The van der Waals surface area contributed by atoms with Gasteiger partial charge in [-0.25, -0.2) is 9.78 Å². The van der Waals surface area contributed by atoms with Gasteiger partial charge in [-0.3, -0.25) is 0 Å². The van der Waals surface area contributed by atoms with Crippen molar-refractivity contribution in [3.63, 3.8) is 0 Å². The van der Waals surface area contributed by atoms with E-state index < -0.39 is 0 Å². The van der Waals surface area contributed by atoms with E-state index >= 15 is 0 Å². The number of nitrogens with zero attached hydrogens (tertiary/aromatic N) is 2. The second-order valence-electron chi connectivity index (χ2n) is 7.13. The summed E-state index contributed by atoms with van der Waals surface area (Å²) in [4.78, 5) is 16.9. The number of imidazole rings is 1. The Morgan fingerprint density at radius 3 is 2.86 bits per heavy atom. The maximum atomic E-state index is 12.1. The first kappa shape index (κ1) is 17.3. The van der Waals surface area contributed by atoms with E-state index in [1.54, 1.807) is 17.8 Å². The Morgan fingerprint density at radius 2 is 2.00 bits per heavy atom. The fourth-order valence-corrected chi connectivity index (χ4v) is 5.04. The van der Waals surface area contributed by atoms with Gasteiger partial charge in [0.05, 0.1) is 11.0 Å². The van der Waals surface area contributed by atoms with E-state index in [-0.39, 0.29) is 5.63 Å². The lowest BCUT2D eigenvalue weighted by atomic mass is 10.0. The van der Waals surface area contributed by atoms with Crippen molar-refractivity contribution in [1.82, 2.24) is 9.55 Å². The molecule has 1 aliphatic rings. The topological polar surface area (TPSA) is 48.0 Å². The molecular weight excluding hydrogens is 368 g/mol. The van der Waals surface area contributed by atoms with E-state index in [0.717, 1.165) is 40.0 Å². The third-order valence-electron chi connectivity index (χ3n) is 5.33. The zero-order chi connectivity index (χ0) is 19.1. The van der Waals surface area contributed by atoms with E-state index in [1.807, 2.05) is 24.3 Å². The molecular formula is C23H20N2O2S. The van der Waals surface area contributed by atoms with Gasteiger partial charge in [0.25, 0.3) is 0 Å². The minimum Gasteiger partial charge on any atom is -0.423 e. The Balaban J connectivity index is 1.54. The fraction of sp³-hybridized carbons (Fsp3) is 0.217. The van der Waals surface area contributed by atoms with E-state index in [9.17, 15) is 4.79 Å². The highest BCUT2D eigenvalue weighted by atomic mass is 32.2. The van der Waals surface area contributed by atoms with Gasteiger partial charge in [-0.1, -0.05) is 30.0 Å².